The van der Waals surface area contributed by atoms with E-state index in [4.69, 9.17) is 4.74 Å². The Morgan fingerprint density at radius 3 is 2.82 bits per heavy atom. The summed E-state index contributed by atoms with van der Waals surface area (Å²) < 4.78 is 4.88. The lowest BCUT2D eigenvalue weighted by molar-refractivity contribution is -0.154. The van der Waals surface area contributed by atoms with E-state index in [1.165, 1.54) is 6.92 Å². The Morgan fingerprint density at radius 1 is 1.53 bits per heavy atom. The molecule has 1 rings (SSSR count). The van der Waals surface area contributed by atoms with Gasteiger partial charge in [0.1, 0.15) is 0 Å². The molecule has 0 aliphatic carbocycles. The van der Waals surface area contributed by atoms with Crippen molar-refractivity contribution < 1.29 is 14.3 Å². The molecule has 0 radical (unpaired) electrons. The van der Waals surface area contributed by atoms with Gasteiger partial charge in [0, 0.05) is 25.9 Å². The molecule has 0 spiro atoms. The van der Waals surface area contributed by atoms with Gasteiger partial charge in [0.15, 0.2) is 6.10 Å². The van der Waals surface area contributed by atoms with E-state index in [1.807, 2.05) is 6.07 Å². The Bertz CT molecular complexity index is 379. The van der Waals surface area contributed by atoms with E-state index in [0.717, 1.165) is 5.56 Å². The van der Waals surface area contributed by atoms with Crippen molar-refractivity contribution in [1.29, 1.82) is 0 Å². The van der Waals surface area contributed by atoms with Crippen LogP contribution >= 0.6 is 0 Å². The van der Waals surface area contributed by atoms with Crippen LogP contribution in [0, 0.1) is 0 Å². The first-order valence-corrected chi connectivity index (χ1v) is 5.47. The lowest BCUT2D eigenvalue weighted by Gasteiger charge is -2.14. The molecule has 1 amide bonds. The molecule has 1 aromatic heterocycles. The first-order valence-electron chi connectivity index (χ1n) is 5.47. The van der Waals surface area contributed by atoms with Crippen LogP contribution in [0.25, 0.3) is 0 Å². The third-order valence-corrected chi connectivity index (χ3v) is 2.16. The van der Waals surface area contributed by atoms with Crippen molar-refractivity contribution in [2.24, 2.45) is 0 Å². The molecule has 0 aliphatic heterocycles. The van der Waals surface area contributed by atoms with Gasteiger partial charge in [-0.05, 0) is 18.1 Å². The molecular formula is C12H16N2O3. The van der Waals surface area contributed by atoms with Gasteiger partial charge in [0.2, 0.25) is 0 Å². The summed E-state index contributed by atoms with van der Waals surface area (Å²) in [7, 11) is 0. The van der Waals surface area contributed by atoms with Crippen LogP contribution in [-0.4, -0.2) is 23.0 Å². The van der Waals surface area contributed by atoms with Gasteiger partial charge in [-0.15, -0.1) is 0 Å². The Hall–Kier alpha value is -1.91. The Balaban J connectivity index is 2.45. The van der Waals surface area contributed by atoms with Crippen molar-refractivity contribution in [3.05, 3.63) is 30.1 Å². The normalized spacial score (nSPS) is 11.6. The minimum atomic E-state index is -0.718. The van der Waals surface area contributed by atoms with Crippen molar-refractivity contribution in [3.8, 4) is 0 Å². The molecule has 1 aromatic rings. The predicted octanol–water partition coefficient (Wildman–Crippen LogP) is 1.04. The number of ether oxygens (including phenoxy) is 1. The SMILES string of the molecule is CCC(OC(C)=O)C(=O)NCc1cccnc1. The lowest BCUT2D eigenvalue weighted by Crippen LogP contribution is -2.36. The van der Waals surface area contributed by atoms with E-state index in [-0.39, 0.29) is 5.91 Å². The van der Waals surface area contributed by atoms with Crippen LogP contribution in [0.2, 0.25) is 0 Å². The van der Waals surface area contributed by atoms with Gasteiger partial charge in [-0.2, -0.15) is 0 Å². The molecule has 1 unspecified atom stereocenters. The average Bonchev–Trinajstić information content (AvgIpc) is 2.34. The van der Waals surface area contributed by atoms with E-state index in [1.54, 1.807) is 25.4 Å². The van der Waals surface area contributed by atoms with Crippen molar-refractivity contribution in [3.63, 3.8) is 0 Å². The number of nitrogens with one attached hydrogen (secondary N) is 1. The molecule has 0 saturated carbocycles. The summed E-state index contributed by atoms with van der Waals surface area (Å²) in [4.78, 5) is 26.4. The molecule has 5 nitrogen and oxygen atoms in total. The first-order chi connectivity index (χ1) is 8.13. The quantitative estimate of drug-likeness (QED) is 0.775. The molecule has 0 saturated heterocycles. The molecule has 5 heteroatoms. The summed E-state index contributed by atoms with van der Waals surface area (Å²) in [5, 5.41) is 2.70. The van der Waals surface area contributed by atoms with Crippen LogP contribution in [0.15, 0.2) is 24.5 Å². The van der Waals surface area contributed by atoms with Gasteiger partial charge in [0.25, 0.3) is 5.91 Å². The molecule has 0 aromatic carbocycles. The zero-order valence-electron chi connectivity index (χ0n) is 9.97. The van der Waals surface area contributed by atoms with E-state index < -0.39 is 12.1 Å². The average molecular weight is 236 g/mol. The Morgan fingerprint density at radius 2 is 2.29 bits per heavy atom. The summed E-state index contributed by atoms with van der Waals surface area (Å²) in [6, 6.07) is 3.66. The minimum absolute atomic E-state index is 0.286. The number of hydrogen-bond acceptors (Lipinski definition) is 4. The van der Waals surface area contributed by atoms with Gasteiger partial charge in [-0.25, -0.2) is 0 Å². The summed E-state index contributed by atoms with van der Waals surface area (Å²) in [6.07, 6.45) is 3.08. The second kappa shape index (κ2) is 6.62. The highest BCUT2D eigenvalue weighted by molar-refractivity contribution is 5.83. The van der Waals surface area contributed by atoms with E-state index in [0.29, 0.717) is 13.0 Å². The number of carbonyl (C=O) groups is 2. The smallest absolute Gasteiger partial charge is 0.303 e. The summed E-state index contributed by atoms with van der Waals surface area (Å²) in [5.41, 5.74) is 0.901. The second-order valence-electron chi connectivity index (χ2n) is 3.59. The maximum atomic E-state index is 11.7. The number of esters is 1. The van der Waals surface area contributed by atoms with Crippen LogP contribution in [0.5, 0.6) is 0 Å². The van der Waals surface area contributed by atoms with Gasteiger partial charge < -0.3 is 10.1 Å². The van der Waals surface area contributed by atoms with Gasteiger partial charge in [-0.1, -0.05) is 13.0 Å². The molecule has 1 N–H and O–H groups in total. The number of hydrogen-bond donors (Lipinski definition) is 1. The first kappa shape index (κ1) is 13.2. The number of amides is 1. The summed E-state index contributed by atoms with van der Waals surface area (Å²) >= 11 is 0. The largest absolute Gasteiger partial charge is 0.452 e. The molecule has 17 heavy (non-hydrogen) atoms. The van der Waals surface area contributed by atoms with Gasteiger partial charge in [-0.3, -0.25) is 14.6 Å². The van der Waals surface area contributed by atoms with Crippen molar-refractivity contribution in [1.82, 2.24) is 10.3 Å². The minimum Gasteiger partial charge on any atom is -0.452 e. The monoisotopic (exact) mass is 236 g/mol. The van der Waals surface area contributed by atoms with E-state index in [2.05, 4.69) is 10.3 Å². The number of pyridine rings is 1. The van der Waals surface area contributed by atoms with Crippen LogP contribution in [0.3, 0.4) is 0 Å². The molecule has 0 fully saturated rings. The number of nitrogens with zero attached hydrogens (tertiary/aromatic N) is 1. The molecule has 92 valence electrons. The van der Waals surface area contributed by atoms with Crippen LogP contribution < -0.4 is 5.32 Å². The molecule has 1 atom stereocenters. The van der Waals surface area contributed by atoms with E-state index >= 15 is 0 Å². The van der Waals surface area contributed by atoms with E-state index in [9.17, 15) is 9.59 Å². The van der Waals surface area contributed by atoms with Crippen LogP contribution in [0.4, 0.5) is 0 Å². The fraction of sp³-hybridized carbons (Fsp3) is 0.417. The third kappa shape index (κ3) is 4.63. The number of aromatic nitrogens is 1. The molecule has 1 heterocycles. The van der Waals surface area contributed by atoms with Gasteiger partial charge in [0.05, 0.1) is 0 Å². The molecule has 0 aliphatic rings. The van der Waals surface area contributed by atoms with Gasteiger partial charge >= 0.3 is 5.97 Å². The number of carbonyl (C=O) groups excluding carboxylic acids is 2. The Labute approximate surface area is 100 Å². The predicted molar refractivity (Wildman–Crippen MR) is 61.9 cm³/mol. The maximum absolute atomic E-state index is 11.7. The van der Waals surface area contributed by atoms with Crippen molar-refractivity contribution >= 4 is 11.9 Å². The molecule has 0 bridgehead atoms. The van der Waals surface area contributed by atoms with Crippen molar-refractivity contribution in [2.45, 2.75) is 32.9 Å². The highest BCUT2D eigenvalue weighted by Gasteiger charge is 2.18. The number of rotatable bonds is 5. The fourth-order valence-corrected chi connectivity index (χ4v) is 1.33. The third-order valence-electron chi connectivity index (χ3n) is 2.16. The van der Waals surface area contributed by atoms with Crippen molar-refractivity contribution in [2.75, 3.05) is 0 Å². The zero-order valence-corrected chi connectivity index (χ0v) is 9.97. The summed E-state index contributed by atoms with van der Waals surface area (Å²) in [5.74, 6) is -0.736. The second-order valence-corrected chi connectivity index (χ2v) is 3.59. The highest BCUT2D eigenvalue weighted by atomic mass is 16.5. The van der Waals surface area contributed by atoms with Crippen LogP contribution in [0.1, 0.15) is 25.8 Å². The van der Waals surface area contributed by atoms with Crippen LogP contribution in [-0.2, 0) is 20.9 Å². The standard InChI is InChI=1S/C12H16N2O3/c1-3-11(17-9(2)15)12(16)14-8-10-5-4-6-13-7-10/h4-7,11H,3,8H2,1-2H3,(H,14,16). The fourth-order valence-electron chi connectivity index (χ4n) is 1.33. The maximum Gasteiger partial charge on any atom is 0.303 e. The highest BCUT2D eigenvalue weighted by Crippen LogP contribution is 2.00. The topological polar surface area (TPSA) is 68.3 Å². The Kier molecular flexibility index (Phi) is 5.13. The molecular weight excluding hydrogens is 220 g/mol. The lowest BCUT2D eigenvalue weighted by atomic mass is 10.2. The zero-order chi connectivity index (χ0) is 12.7. The summed E-state index contributed by atoms with van der Waals surface area (Å²) in [6.45, 7) is 3.46.